The first-order valence-corrected chi connectivity index (χ1v) is 9.91. The predicted molar refractivity (Wildman–Crippen MR) is 107 cm³/mol. The molecule has 1 heterocycles. The van der Waals surface area contributed by atoms with E-state index in [-0.39, 0.29) is 12.6 Å². The Morgan fingerprint density at radius 2 is 2.11 bits per heavy atom. The molecule has 0 unspecified atom stereocenters. The summed E-state index contributed by atoms with van der Waals surface area (Å²) in [5, 5.41) is 2.62. The second kappa shape index (κ2) is 10.9. The van der Waals surface area contributed by atoms with Crippen molar-refractivity contribution < 1.29 is 14.3 Å². The van der Waals surface area contributed by atoms with E-state index < -0.39 is 5.97 Å². The number of carbonyl (C=O) groups is 2. The second-order valence-electron chi connectivity index (χ2n) is 7.33. The third-order valence-corrected chi connectivity index (χ3v) is 5.13. The highest BCUT2D eigenvalue weighted by Gasteiger charge is 2.23. The largest absolute Gasteiger partial charge is 0.465 e. The lowest BCUT2D eigenvalue weighted by molar-refractivity contribution is -0.141. The third kappa shape index (κ3) is 7.21. The van der Waals surface area contributed by atoms with Gasteiger partial charge in [0.2, 0.25) is 0 Å². The molecule has 2 rings (SSSR count). The lowest BCUT2D eigenvalue weighted by Gasteiger charge is -2.34. The molecular formula is C21H33N3O3. The summed E-state index contributed by atoms with van der Waals surface area (Å²) in [6.07, 6.45) is 3.36. The van der Waals surface area contributed by atoms with E-state index in [4.69, 9.17) is 4.74 Å². The molecule has 0 bridgehead atoms. The third-order valence-electron chi connectivity index (χ3n) is 5.13. The van der Waals surface area contributed by atoms with Crippen LogP contribution < -0.4 is 5.32 Å². The van der Waals surface area contributed by atoms with Gasteiger partial charge >= 0.3 is 12.0 Å². The topological polar surface area (TPSA) is 61.9 Å². The zero-order valence-electron chi connectivity index (χ0n) is 16.9. The van der Waals surface area contributed by atoms with E-state index in [2.05, 4.69) is 41.4 Å². The number of benzene rings is 1. The number of esters is 1. The Labute approximate surface area is 162 Å². The first kappa shape index (κ1) is 21.2. The molecule has 1 atom stereocenters. The van der Waals surface area contributed by atoms with Crippen LogP contribution in [0.5, 0.6) is 0 Å². The molecule has 1 fully saturated rings. The molecule has 1 aromatic carbocycles. The highest BCUT2D eigenvalue weighted by Crippen LogP contribution is 2.18. The zero-order valence-corrected chi connectivity index (χ0v) is 16.9. The maximum Gasteiger partial charge on any atom is 0.325 e. The summed E-state index contributed by atoms with van der Waals surface area (Å²) in [5.41, 5.74) is 2.76. The molecule has 1 aliphatic rings. The Hall–Kier alpha value is -2.08. The van der Waals surface area contributed by atoms with E-state index in [1.54, 1.807) is 18.9 Å². The van der Waals surface area contributed by atoms with Gasteiger partial charge in [0.05, 0.1) is 6.61 Å². The van der Waals surface area contributed by atoms with Gasteiger partial charge in [0.1, 0.15) is 6.54 Å². The maximum atomic E-state index is 12.1. The van der Waals surface area contributed by atoms with Crippen molar-refractivity contribution in [3.8, 4) is 0 Å². The Balaban J connectivity index is 1.74. The van der Waals surface area contributed by atoms with Gasteiger partial charge in [-0.25, -0.2) is 4.79 Å². The minimum Gasteiger partial charge on any atom is -0.465 e. The molecular weight excluding hydrogens is 342 g/mol. The van der Waals surface area contributed by atoms with Gasteiger partial charge in [-0.05, 0) is 56.7 Å². The number of nitrogens with one attached hydrogen (secondary N) is 1. The van der Waals surface area contributed by atoms with E-state index in [1.165, 1.54) is 11.1 Å². The Morgan fingerprint density at radius 1 is 1.33 bits per heavy atom. The number of carbonyl (C=O) groups excluding carboxylic acids is 2. The highest BCUT2D eigenvalue weighted by atomic mass is 16.5. The molecule has 6 nitrogen and oxygen atoms in total. The monoisotopic (exact) mass is 375 g/mol. The van der Waals surface area contributed by atoms with Gasteiger partial charge in [0.25, 0.3) is 0 Å². The molecule has 0 radical (unpaired) electrons. The van der Waals surface area contributed by atoms with Crippen molar-refractivity contribution in [1.82, 2.24) is 15.1 Å². The van der Waals surface area contributed by atoms with Gasteiger partial charge < -0.3 is 19.9 Å². The fourth-order valence-electron chi connectivity index (χ4n) is 3.64. The molecule has 6 heteroatoms. The molecule has 1 aromatic rings. The highest BCUT2D eigenvalue weighted by molar-refractivity contribution is 5.80. The number of ether oxygens (including phenoxy) is 1. The van der Waals surface area contributed by atoms with Gasteiger partial charge in [-0.15, -0.1) is 0 Å². The number of likely N-dealkylation sites (tertiary alicyclic amines) is 1. The van der Waals surface area contributed by atoms with Gasteiger partial charge in [-0.3, -0.25) is 4.79 Å². The summed E-state index contributed by atoms with van der Waals surface area (Å²) in [7, 11) is 1.78. The van der Waals surface area contributed by atoms with Crippen LogP contribution in [0.15, 0.2) is 24.3 Å². The van der Waals surface area contributed by atoms with E-state index in [1.807, 2.05) is 0 Å². The zero-order chi connectivity index (χ0) is 19.6. The Morgan fingerprint density at radius 3 is 2.85 bits per heavy atom. The van der Waals surface area contributed by atoms with Crippen LogP contribution in [0.3, 0.4) is 0 Å². The van der Waals surface area contributed by atoms with E-state index in [0.717, 1.165) is 38.9 Å². The number of hydrogen-bond donors (Lipinski definition) is 1. The van der Waals surface area contributed by atoms with Crippen LogP contribution >= 0.6 is 0 Å². The molecule has 0 aromatic heterocycles. The predicted octanol–water partition coefficient (Wildman–Crippen LogP) is 2.45. The number of nitrogens with zero attached hydrogens (tertiary/aromatic N) is 2. The van der Waals surface area contributed by atoms with Crippen LogP contribution in [0, 0.1) is 12.8 Å². The standard InChI is InChI=1S/C21H33N3O3/c1-4-27-20(25)14-22-21(26)23(3)15-18-9-7-12-24(16-18)13-11-19-10-6-5-8-17(19)2/h5-6,8,10,18H,4,7,9,11-16H2,1-3H3,(H,22,26)/t18-/m1/s1. The van der Waals surface area contributed by atoms with Crippen molar-refractivity contribution in [1.29, 1.82) is 0 Å². The van der Waals surface area contributed by atoms with Crippen LogP contribution in [-0.2, 0) is 16.0 Å². The molecule has 2 amide bonds. The minimum atomic E-state index is -0.403. The summed E-state index contributed by atoms with van der Waals surface area (Å²) in [4.78, 5) is 27.7. The average Bonchev–Trinajstić information content (AvgIpc) is 2.66. The fourth-order valence-corrected chi connectivity index (χ4v) is 3.64. The summed E-state index contributed by atoms with van der Waals surface area (Å²) < 4.78 is 4.83. The van der Waals surface area contributed by atoms with Gasteiger partial charge in [-0.2, -0.15) is 0 Å². The summed E-state index contributed by atoms with van der Waals surface area (Å²) in [5.74, 6) is 0.0632. The molecule has 0 saturated carbocycles. The van der Waals surface area contributed by atoms with E-state index >= 15 is 0 Å². The van der Waals surface area contributed by atoms with Gasteiger partial charge in [0, 0.05) is 26.7 Å². The SMILES string of the molecule is CCOC(=O)CNC(=O)N(C)C[C@H]1CCCN(CCc2ccccc2C)C1. The number of aryl methyl sites for hydroxylation is 1. The van der Waals surface area contributed by atoms with Crippen molar-refractivity contribution in [3.63, 3.8) is 0 Å². The fraction of sp³-hybridized carbons (Fsp3) is 0.619. The number of rotatable bonds is 8. The number of hydrogen-bond acceptors (Lipinski definition) is 4. The summed E-state index contributed by atoms with van der Waals surface area (Å²) in [6, 6.07) is 8.33. The van der Waals surface area contributed by atoms with E-state index in [0.29, 0.717) is 19.1 Å². The smallest absolute Gasteiger partial charge is 0.325 e. The molecule has 1 aliphatic heterocycles. The molecule has 0 spiro atoms. The van der Waals surface area contributed by atoms with Crippen molar-refractivity contribution in [2.45, 2.75) is 33.1 Å². The van der Waals surface area contributed by atoms with Crippen molar-refractivity contribution >= 4 is 12.0 Å². The van der Waals surface area contributed by atoms with Crippen molar-refractivity contribution in [2.75, 3.05) is 46.4 Å². The van der Waals surface area contributed by atoms with E-state index in [9.17, 15) is 9.59 Å². The molecule has 1 saturated heterocycles. The minimum absolute atomic E-state index is 0.0791. The summed E-state index contributed by atoms with van der Waals surface area (Å²) in [6.45, 7) is 8.06. The lowest BCUT2D eigenvalue weighted by Crippen LogP contribution is -2.46. The first-order chi connectivity index (χ1) is 13.0. The molecule has 1 N–H and O–H groups in total. The maximum absolute atomic E-state index is 12.1. The molecule has 27 heavy (non-hydrogen) atoms. The Bertz CT molecular complexity index is 620. The van der Waals surface area contributed by atoms with Crippen LogP contribution in [0.25, 0.3) is 0 Å². The number of piperidine rings is 1. The molecule has 0 aliphatic carbocycles. The van der Waals surface area contributed by atoms with Crippen molar-refractivity contribution in [3.05, 3.63) is 35.4 Å². The van der Waals surface area contributed by atoms with Crippen LogP contribution in [0.4, 0.5) is 4.79 Å². The first-order valence-electron chi connectivity index (χ1n) is 9.91. The number of amides is 2. The number of urea groups is 1. The lowest BCUT2D eigenvalue weighted by atomic mass is 9.97. The molecule has 150 valence electrons. The van der Waals surface area contributed by atoms with Crippen molar-refractivity contribution in [2.24, 2.45) is 5.92 Å². The van der Waals surface area contributed by atoms with Crippen LogP contribution in [0.2, 0.25) is 0 Å². The summed E-state index contributed by atoms with van der Waals surface area (Å²) >= 11 is 0. The quantitative estimate of drug-likeness (QED) is 0.709. The van der Waals surface area contributed by atoms with Gasteiger partial charge in [-0.1, -0.05) is 24.3 Å². The van der Waals surface area contributed by atoms with Crippen LogP contribution in [0.1, 0.15) is 30.9 Å². The Kier molecular flexibility index (Phi) is 8.58. The van der Waals surface area contributed by atoms with Crippen LogP contribution in [-0.4, -0.2) is 68.2 Å². The normalized spacial score (nSPS) is 17.4. The van der Waals surface area contributed by atoms with Gasteiger partial charge in [0.15, 0.2) is 0 Å². The average molecular weight is 376 g/mol. The second-order valence-corrected chi connectivity index (χ2v) is 7.33.